The summed E-state index contributed by atoms with van der Waals surface area (Å²) in [7, 11) is 1.67. The summed E-state index contributed by atoms with van der Waals surface area (Å²) in [5.41, 5.74) is 3.45. The molecule has 0 fully saturated rings. The molecule has 0 spiro atoms. The molecule has 3 heteroatoms. The zero-order valence-electron chi connectivity index (χ0n) is 12.2. The third-order valence-corrected chi connectivity index (χ3v) is 3.62. The van der Waals surface area contributed by atoms with Gasteiger partial charge in [-0.3, -0.25) is 4.98 Å². The van der Waals surface area contributed by atoms with Gasteiger partial charge in [-0.25, -0.2) is 4.39 Å². The normalized spacial score (nSPS) is 12.1. The van der Waals surface area contributed by atoms with E-state index in [2.05, 4.69) is 4.98 Å². The van der Waals surface area contributed by atoms with Crippen molar-refractivity contribution in [3.63, 3.8) is 0 Å². The van der Waals surface area contributed by atoms with Crippen LogP contribution in [0.4, 0.5) is 4.39 Å². The number of hydrogen-bond donors (Lipinski definition) is 0. The van der Waals surface area contributed by atoms with E-state index < -0.39 is 0 Å². The maximum absolute atomic E-state index is 13.8. The van der Waals surface area contributed by atoms with Crippen molar-refractivity contribution in [1.82, 2.24) is 4.98 Å². The fourth-order valence-corrected chi connectivity index (χ4v) is 2.53. The standard InChI is InChI=1S/C19H16FNO/c1-22-19(16-5-4-12-21-13-16)15-10-8-14(9-11-15)17-6-2-3-7-18(17)20/h2-13,19H,1H3. The summed E-state index contributed by atoms with van der Waals surface area (Å²) in [4.78, 5) is 4.13. The van der Waals surface area contributed by atoms with Gasteiger partial charge < -0.3 is 4.74 Å². The summed E-state index contributed by atoms with van der Waals surface area (Å²) in [6.07, 6.45) is 3.35. The molecule has 0 N–H and O–H groups in total. The van der Waals surface area contributed by atoms with Crippen molar-refractivity contribution >= 4 is 0 Å². The van der Waals surface area contributed by atoms with Gasteiger partial charge in [0.05, 0.1) is 0 Å². The molecule has 2 aromatic carbocycles. The molecule has 3 rings (SSSR count). The van der Waals surface area contributed by atoms with Gasteiger partial charge in [-0.15, -0.1) is 0 Å². The quantitative estimate of drug-likeness (QED) is 0.700. The van der Waals surface area contributed by atoms with E-state index >= 15 is 0 Å². The summed E-state index contributed by atoms with van der Waals surface area (Å²) < 4.78 is 19.4. The van der Waals surface area contributed by atoms with E-state index in [0.717, 1.165) is 16.7 Å². The zero-order valence-corrected chi connectivity index (χ0v) is 12.2. The Kier molecular flexibility index (Phi) is 4.26. The van der Waals surface area contributed by atoms with Crippen LogP contribution in [0.1, 0.15) is 17.2 Å². The lowest BCUT2D eigenvalue weighted by Gasteiger charge is -2.16. The van der Waals surface area contributed by atoms with Gasteiger partial charge in [0.25, 0.3) is 0 Å². The van der Waals surface area contributed by atoms with Gasteiger partial charge in [-0.2, -0.15) is 0 Å². The summed E-state index contributed by atoms with van der Waals surface area (Å²) in [5, 5.41) is 0. The van der Waals surface area contributed by atoms with Gasteiger partial charge in [0.2, 0.25) is 0 Å². The van der Waals surface area contributed by atoms with Crippen molar-refractivity contribution in [3.05, 3.63) is 90.0 Å². The fourth-order valence-electron chi connectivity index (χ4n) is 2.53. The van der Waals surface area contributed by atoms with Gasteiger partial charge in [-0.05, 0) is 23.3 Å². The van der Waals surface area contributed by atoms with Gasteiger partial charge in [0.1, 0.15) is 11.9 Å². The van der Waals surface area contributed by atoms with E-state index in [1.807, 2.05) is 42.5 Å². The Morgan fingerprint density at radius 3 is 2.32 bits per heavy atom. The summed E-state index contributed by atoms with van der Waals surface area (Å²) in [6, 6.07) is 18.4. The first-order valence-electron chi connectivity index (χ1n) is 7.07. The third-order valence-electron chi connectivity index (χ3n) is 3.62. The highest BCUT2D eigenvalue weighted by molar-refractivity contribution is 5.64. The fraction of sp³-hybridized carbons (Fsp3) is 0.105. The molecule has 0 radical (unpaired) electrons. The van der Waals surface area contributed by atoms with Crippen molar-refractivity contribution in [2.45, 2.75) is 6.10 Å². The maximum Gasteiger partial charge on any atom is 0.131 e. The van der Waals surface area contributed by atoms with Crippen LogP contribution in [0.5, 0.6) is 0 Å². The molecule has 0 aliphatic carbocycles. The molecular formula is C19H16FNO. The zero-order chi connectivity index (χ0) is 15.4. The van der Waals surface area contributed by atoms with Crippen molar-refractivity contribution in [2.75, 3.05) is 7.11 Å². The van der Waals surface area contributed by atoms with Crippen LogP contribution >= 0.6 is 0 Å². The topological polar surface area (TPSA) is 22.1 Å². The van der Waals surface area contributed by atoms with Crippen LogP contribution in [0.15, 0.2) is 73.1 Å². The monoisotopic (exact) mass is 293 g/mol. The Labute approximate surface area is 129 Å². The molecular weight excluding hydrogens is 277 g/mol. The highest BCUT2D eigenvalue weighted by Gasteiger charge is 2.13. The predicted molar refractivity (Wildman–Crippen MR) is 84.9 cm³/mol. The number of hydrogen-bond acceptors (Lipinski definition) is 2. The van der Waals surface area contributed by atoms with Crippen molar-refractivity contribution in [1.29, 1.82) is 0 Å². The second kappa shape index (κ2) is 6.50. The molecule has 1 atom stereocenters. The number of rotatable bonds is 4. The van der Waals surface area contributed by atoms with Crippen LogP contribution in [-0.2, 0) is 4.74 Å². The van der Waals surface area contributed by atoms with Crippen molar-refractivity contribution in [3.8, 4) is 11.1 Å². The average molecular weight is 293 g/mol. The van der Waals surface area contributed by atoms with Crippen molar-refractivity contribution in [2.24, 2.45) is 0 Å². The van der Waals surface area contributed by atoms with Gasteiger partial charge in [0.15, 0.2) is 0 Å². The Balaban J connectivity index is 1.92. The van der Waals surface area contributed by atoms with Crippen LogP contribution in [0.2, 0.25) is 0 Å². The summed E-state index contributed by atoms with van der Waals surface area (Å²) in [5.74, 6) is -0.217. The molecule has 0 saturated heterocycles. The molecule has 0 amide bonds. The van der Waals surface area contributed by atoms with E-state index in [1.54, 1.807) is 31.6 Å². The summed E-state index contributed by atoms with van der Waals surface area (Å²) in [6.45, 7) is 0. The number of aromatic nitrogens is 1. The first-order chi connectivity index (χ1) is 10.8. The smallest absolute Gasteiger partial charge is 0.131 e. The number of pyridine rings is 1. The third kappa shape index (κ3) is 2.90. The van der Waals surface area contributed by atoms with E-state index in [9.17, 15) is 4.39 Å². The van der Waals surface area contributed by atoms with E-state index in [-0.39, 0.29) is 11.9 Å². The second-order valence-corrected chi connectivity index (χ2v) is 5.00. The number of ether oxygens (including phenoxy) is 1. The Bertz CT molecular complexity index is 741. The lowest BCUT2D eigenvalue weighted by molar-refractivity contribution is 0.136. The highest BCUT2D eigenvalue weighted by Crippen LogP contribution is 2.28. The molecule has 110 valence electrons. The first kappa shape index (κ1) is 14.4. The Hall–Kier alpha value is -2.52. The first-order valence-corrected chi connectivity index (χ1v) is 7.07. The number of halogens is 1. The largest absolute Gasteiger partial charge is 0.372 e. The molecule has 3 aromatic rings. The minimum Gasteiger partial charge on any atom is -0.372 e. The lowest BCUT2D eigenvalue weighted by Crippen LogP contribution is -2.03. The minimum absolute atomic E-state index is 0.177. The minimum atomic E-state index is -0.217. The average Bonchev–Trinajstić information content (AvgIpc) is 2.58. The molecule has 1 unspecified atom stereocenters. The SMILES string of the molecule is COC(c1ccc(-c2ccccc2F)cc1)c1cccnc1. The van der Waals surface area contributed by atoms with Crippen LogP contribution < -0.4 is 0 Å². The maximum atomic E-state index is 13.8. The highest BCUT2D eigenvalue weighted by atomic mass is 19.1. The molecule has 1 heterocycles. The molecule has 2 nitrogen and oxygen atoms in total. The Morgan fingerprint density at radius 2 is 1.68 bits per heavy atom. The van der Waals surface area contributed by atoms with Gasteiger partial charge >= 0.3 is 0 Å². The molecule has 0 aliphatic heterocycles. The van der Waals surface area contributed by atoms with Crippen LogP contribution in [0, 0.1) is 5.82 Å². The molecule has 0 aliphatic rings. The number of methoxy groups -OCH3 is 1. The van der Waals surface area contributed by atoms with E-state index in [1.165, 1.54) is 6.07 Å². The molecule has 1 aromatic heterocycles. The van der Waals surface area contributed by atoms with Gasteiger partial charge in [0, 0.05) is 30.6 Å². The lowest BCUT2D eigenvalue weighted by atomic mass is 9.99. The Morgan fingerprint density at radius 1 is 0.909 bits per heavy atom. The van der Waals surface area contributed by atoms with Gasteiger partial charge in [-0.1, -0.05) is 48.5 Å². The predicted octanol–water partition coefficient (Wildman–Crippen LogP) is 4.62. The van der Waals surface area contributed by atoms with Crippen LogP contribution in [-0.4, -0.2) is 12.1 Å². The molecule has 0 bridgehead atoms. The molecule has 22 heavy (non-hydrogen) atoms. The van der Waals surface area contributed by atoms with E-state index in [4.69, 9.17) is 4.74 Å². The number of benzene rings is 2. The van der Waals surface area contributed by atoms with Crippen LogP contribution in [0.25, 0.3) is 11.1 Å². The second-order valence-electron chi connectivity index (χ2n) is 5.00. The van der Waals surface area contributed by atoms with Crippen molar-refractivity contribution < 1.29 is 9.13 Å². The summed E-state index contributed by atoms with van der Waals surface area (Å²) >= 11 is 0. The number of nitrogens with zero attached hydrogens (tertiary/aromatic N) is 1. The van der Waals surface area contributed by atoms with Crippen LogP contribution in [0.3, 0.4) is 0 Å². The van der Waals surface area contributed by atoms with E-state index in [0.29, 0.717) is 5.56 Å². The molecule has 0 saturated carbocycles.